The Balaban J connectivity index is 1.37. The van der Waals surface area contributed by atoms with E-state index in [0.717, 1.165) is 78.5 Å². The number of anilines is 6. The number of nitrogens with zero attached hydrogens (tertiary/aromatic N) is 2. The molecule has 0 fully saturated rings. The normalized spacial score (nSPS) is 11.2. The van der Waals surface area contributed by atoms with E-state index in [9.17, 15) is 0 Å². The summed E-state index contributed by atoms with van der Waals surface area (Å²) in [4.78, 5) is 8.73. The van der Waals surface area contributed by atoms with Crippen molar-refractivity contribution in [2.75, 3.05) is 9.80 Å². The Morgan fingerprint density at radius 1 is 0.298 bits per heavy atom. The molecule has 0 bridgehead atoms. The standard InChI is InChI=1S/C54H39N3/c1-6-22-39(23-7-1)47-38-48-44-32-16-19-35-49(44)55-54(48)53(46-34-18-21-37-51(46)57(42-28-12-4-13-29-42)43-30-14-5-15-31-43)52(47)45-33-17-20-36-50(45)56(40-24-8-2-9-25-40)41-26-10-3-11-27-41/h1-38,55H. The number of rotatable bonds is 9. The highest BCUT2D eigenvalue weighted by molar-refractivity contribution is 6.20. The topological polar surface area (TPSA) is 22.3 Å². The van der Waals surface area contributed by atoms with Gasteiger partial charge in [0.2, 0.25) is 0 Å². The molecule has 270 valence electrons. The maximum Gasteiger partial charge on any atom is 0.0552 e. The molecule has 1 N–H and O–H groups in total. The van der Waals surface area contributed by atoms with Crippen molar-refractivity contribution in [1.29, 1.82) is 0 Å². The summed E-state index contributed by atoms with van der Waals surface area (Å²) in [7, 11) is 0. The molecule has 1 heterocycles. The van der Waals surface area contributed by atoms with Gasteiger partial charge in [-0.25, -0.2) is 0 Å². The fourth-order valence-corrected chi connectivity index (χ4v) is 8.30. The summed E-state index contributed by atoms with van der Waals surface area (Å²) in [6.07, 6.45) is 0. The largest absolute Gasteiger partial charge is 0.354 e. The van der Waals surface area contributed by atoms with E-state index in [2.05, 4.69) is 245 Å². The van der Waals surface area contributed by atoms with Gasteiger partial charge in [-0.3, -0.25) is 0 Å². The van der Waals surface area contributed by atoms with E-state index in [1.165, 1.54) is 10.8 Å². The van der Waals surface area contributed by atoms with Crippen LogP contribution in [0.5, 0.6) is 0 Å². The molecule has 10 aromatic rings. The maximum absolute atomic E-state index is 3.96. The predicted molar refractivity (Wildman–Crippen MR) is 241 cm³/mol. The van der Waals surface area contributed by atoms with Gasteiger partial charge in [0.25, 0.3) is 0 Å². The maximum atomic E-state index is 3.96. The van der Waals surface area contributed by atoms with Gasteiger partial charge in [0.15, 0.2) is 0 Å². The number of hydrogen-bond acceptors (Lipinski definition) is 2. The first kappa shape index (κ1) is 33.9. The molecule has 0 unspecified atom stereocenters. The van der Waals surface area contributed by atoms with Crippen molar-refractivity contribution >= 4 is 55.9 Å². The summed E-state index contributed by atoms with van der Waals surface area (Å²) >= 11 is 0. The van der Waals surface area contributed by atoms with Crippen LogP contribution in [0, 0.1) is 0 Å². The molecule has 9 aromatic carbocycles. The minimum atomic E-state index is 1.08. The van der Waals surface area contributed by atoms with E-state index in [4.69, 9.17) is 0 Å². The molecule has 0 aliphatic rings. The van der Waals surface area contributed by atoms with Gasteiger partial charge < -0.3 is 14.8 Å². The zero-order chi connectivity index (χ0) is 38.0. The zero-order valence-corrected chi connectivity index (χ0v) is 31.3. The Labute approximate surface area is 333 Å². The van der Waals surface area contributed by atoms with E-state index in [1.807, 2.05) is 0 Å². The highest BCUT2D eigenvalue weighted by Crippen LogP contribution is 2.53. The van der Waals surface area contributed by atoms with Crippen LogP contribution in [0.2, 0.25) is 0 Å². The number of para-hydroxylation sites is 7. The third-order valence-corrected chi connectivity index (χ3v) is 10.8. The molecule has 0 aliphatic heterocycles. The van der Waals surface area contributed by atoms with Crippen LogP contribution < -0.4 is 9.80 Å². The summed E-state index contributed by atoms with van der Waals surface area (Å²) < 4.78 is 0. The monoisotopic (exact) mass is 729 g/mol. The van der Waals surface area contributed by atoms with E-state index < -0.39 is 0 Å². The number of nitrogens with one attached hydrogen (secondary N) is 1. The van der Waals surface area contributed by atoms with Crippen molar-refractivity contribution in [3.63, 3.8) is 0 Å². The zero-order valence-electron chi connectivity index (χ0n) is 31.3. The Morgan fingerprint density at radius 2 is 0.684 bits per heavy atom. The van der Waals surface area contributed by atoms with E-state index in [1.54, 1.807) is 0 Å². The Hall–Kier alpha value is -7.62. The summed E-state index contributed by atoms with van der Waals surface area (Å²) in [5.41, 5.74) is 15.6. The lowest BCUT2D eigenvalue weighted by atomic mass is 9.84. The highest BCUT2D eigenvalue weighted by Gasteiger charge is 2.27. The molecule has 0 saturated heterocycles. The molecule has 3 heteroatoms. The lowest BCUT2D eigenvalue weighted by Gasteiger charge is -2.31. The second kappa shape index (κ2) is 14.9. The van der Waals surface area contributed by atoms with Gasteiger partial charge in [-0.2, -0.15) is 0 Å². The van der Waals surface area contributed by atoms with Gasteiger partial charge >= 0.3 is 0 Å². The number of benzene rings is 9. The molecule has 0 spiro atoms. The van der Waals surface area contributed by atoms with Crippen LogP contribution in [-0.2, 0) is 0 Å². The van der Waals surface area contributed by atoms with Crippen molar-refractivity contribution in [2.45, 2.75) is 0 Å². The van der Waals surface area contributed by atoms with Gasteiger partial charge in [0.1, 0.15) is 0 Å². The predicted octanol–water partition coefficient (Wildman–Crippen LogP) is 15.3. The first-order valence-electron chi connectivity index (χ1n) is 19.5. The van der Waals surface area contributed by atoms with Crippen LogP contribution >= 0.6 is 0 Å². The fraction of sp³-hybridized carbons (Fsp3) is 0. The van der Waals surface area contributed by atoms with Crippen LogP contribution in [0.4, 0.5) is 34.1 Å². The third kappa shape index (κ3) is 6.22. The summed E-state index contributed by atoms with van der Waals surface area (Å²) in [5.74, 6) is 0. The van der Waals surface area contributed by atoms with Crippen LogP contribution in [0.25, 0.3) is 55.2 Å². The van der Waals surface area contributed by atoms with Crippen LogP contribution in [0.15, 0.2) is 231 Å². The average Bonchev–Trinajstić information content (AvgIpc) is 3.67. The molecule has 0 saturated carbocycles. The molecule has 0 aliphatic carbocycles. The molecule has 1 aromatic heterocycles. The van der Waals surface area contributed by atoms with Gasteiger partial charge in [-0.15, -0.1) is 0 Å². The van der Waals surface area contributed by atoms with Crippen LogP contribution in [0.1, 0.15) is 0 Å². The highest BCUT2D eigenvalue weighted by atomic mass is 15.2. The molecule has 0 radical (unpaired) electrons. The number of fused-ring (bicyclic) bond motifs is 3. The van der Waals surface area contributed by atoms with Crippen molar-refractivity contribution < 1.29 is 0 Å². The Kier molecular flexibility index (Phi) is 8.86. The first-order chi connectivity index (χ1) is 28.3. The molecule has 3 nitrogen and oxygen atoms in total. The van der Waals surface area contributed by atoms with Crippen molar-refractivity contribution in [3.8, 4) is 33.4 Å². The van der Waals surface area contributed by atoms with Crippen molar-refractivity contribution in [1.82, 2.24) is 4.98 Å². The summed E-state index contributed by atoms with van der Waals surface area (Å²) in [5, 5.41) is 2.38. The Morgan fingerprint density at radius 3 is 1.18 bits per heavy atom. The Bertz CT molecular complexity index is 2860. The van der Waals surface area contributed by atoms with Crippen LogP contribution in [0.3, 0.4) is 0 Å². The number of H-pyrrole nitrogens is 1. The van der Waals surface area contributed by atoms with E-state index in [-0.39, 0.29) is 0 Å². The fourth-order valence-electron chi connectivity index (χ4n) is 8.30. The van der Waals surface area contributed by atoms with Crippen LogP contribution in [-0.4, -0.2) is 4.98 Å². The van der Waals surface area contributed by atoms with Gasteiger partial charge in [-0.05, 0) is 83.9 Å². The molecule has 10 rings (SSSR count). The quantitative estimate of drug-likeness (QED) is 0.160. The SMILES string of the molecule is c1ccc(-c2cc3c([nH]c4ccccc43)c(-c3ccccc3N(c3ccccc3)c3ccccc3)c2-c2ccccc2N(c2ccccc2)c2ccccc2)cc1. The summed E-state index contributed by atoms with van der Waals surface area (Å²) in [6, 6.07) is 82.5. The molecular formula is C54H39N3. The van der Waals surface area contributed by atoms with Gasteiger partial charge in [0, 0.05) is 61.3 Å². The molecule has 0 atom stereocenters. The lowest BCUT2D eigenvalue weighted by molar-refractivity contribution is 1.28. The van der Waals surface area contributed by atoms with Crippen molar-refractivity contribution in [2.24, 2.45) is 0 Å². The molecular weight excluding hydrogens is 691 g/mol. The smallest absolute Gasteiger partial charge is 0.0552 e. The van der Waals surface area contributed by atoms with Gasteiger partial charge in [-0.1, -0.05) is 158 Å². The van der Waals surface area contributed by atoms with E-state index in [0.29, 0.717) is 0 Å². The minimum absolute atomic E-state index is 1.08. The number of aromatic nitrogens is 1. The van der Waals surface area contributed by atoms with E-state index >= 15 is 0 Å². The summed E-state index contributed by atoms with van der Waals surface area (Å²) in [6.45, 7) is 0. The number of aromatic amines is 1. The second-order valence-corrected chi connectivity index (χ2v) is 14.2. The van der Waals surface area contributed by atoms with Crippen molar-refractivity contribution in [3.05, 3.63) is 231 Å². The number of hydrogen-bond donors (Lipinski definition) is 1. The first-order valence-corrected chi connectivity index (χ1v) is 19.5. The molecule has 57 heavy (non-hydrogen) atoms. The third-order valence-electron chi connectivity index (χ3n) is 10.8. The average molecular weight is 730 g/mol. The second-order valence-electron chi connectivity index (χ2n) is 14.2. The molecule has 0 amide bonds. The lowest BCUT2D eigenvalue weighted by Crippen LogP contribution is -2.12. The van der Waals surface area contributed by atoms with Gasteiger partial charge in [0.05, 0.1) is 16.9 Å². The minimum Gasteiger partial charge on any atom is -0.354 e.